The quantitative estimate of drug-likeness (QED) is 0.876. The zero-order valence-corrected chi connectivity index (χ0v) is 11.3. The Bertz CT molecular complexity index is 379. The first-order chi connectivity index (χ1) is 8.00. The second-order valence-corrected chi connectivity index (χ2v) is 5.11. The van der Waals surface area contributed by atoms with Crippen LogP contribution in [-0.2, 0) is 0 Å². The van der Waals surface area contributed by atoms with Gasteiger partial charge in [-0.15, -0.1) is 0 Å². The molecule has 0 saturated heterocycles. The number of pyridine rings is 1. The average Bonchev–Trinajstić information content (AvgIpc) is 2.26. The molecule has 0 spiro atoms. The largest absolute Gasteiger partial charge is 0.349 e. The van der Waals surface area contributed by atoms with Crippen LogP contribution in [0.4, 0.5) is 0 Å². The van der Waals surface area contributed by atoms with Gasteiger partial charge in [0, 0.05) is 18.4 Å². The van der Waals surface area contributed by atoms with Gasteiger partial charge in [-0.25, -0.2) is 0 Å². The Morgan fingerprint density at radius 2 is 2.12 bits per heavy atom. The molecule has 17 heavy (non-hydrogen) atoms. The van der Waals surface area contributed by atoms with Crippen LogP contribution in [0.2, 0.25) is 5.02 Å². The zero-order chi connectivity index (χ0) is 12.8. The third kappa shape index (κ3) is 4.73. The molecule has 0 bridgehead atoms. The predicted molar refractivity (Wildman–Crippen MR) is 70.2 cm³/mol. The average molecular weight is 255 g/mol. The van der Waals surface area contributed by atoms with Gasteiger partial charge in [0.15, 0.2) is 0 Å². The number of nitrogens with one attached hydrogen (secondary N) is 1. The molecule has 0 aliphatic heterocycles. The minimum atomic E-state index is -0.153. The highest BCUT2D eigenvalue weighted by molar-refractivity contribution is 6.33. The first-order valence-corrected chi connectivity index (χ1v) is 6.29. The molecule has 94 valence electrons. The summed E-state index contributed by atoms with van der Waals surface area (Å²) in [6.07, 6.45) is 5.14. The molecule has 1 aromatic rings. The molecule has 0 aliphatic carbocycles. The van der Waals surface area contributed by atoms with Gasteiger partial charge in [0.1, 0.15) is 0 Å². The Balaban J connectivity index is 2.52. The molecule has 3 nitrogen and oxygen atoms in total. The van der Waals surface area contributed by atoms with Crippen LogP contribution in [0.5, 0.6) is 0 Å². The summed E-state index contributed by atoms with van der Waals surface area (Å²) in [4.78, 5) is 15.8. The van der Waals surface area contributed by atoms with E-state index in [0.717, 1.165) is 12.8 Å². The van der Waals surface area contributed by atoms with Gasteiger partial charge in [0.2, 0.25) is 0 Å². The molecule has 4 heteroatoms. The van der Waals surface area contributed by atoms with Crippen molar-refractivity contribution >= 4 is 17.5 Å². The highest BCUT2D eigenvalue weighted by atomic mass is 35.5. The minimum absolute atomic E-state index is 0.153. The van der Waals surface area contributed by atoms with Crippen LogP contribution >= 0.6 is 11.6 Å². The lowest BCUT2D eigenvalue weighted by Crippen LogP contribution is -2.33. The Hall–Kier alpha value is -1.09. The van der Waals surface area contributed by atoms with E-state index in [1.165, 1.54) is 6.20 Å². The minimum Gasteiger partial charge on any atom is -0.349 e. The molecular weight excluding hydrogens is 236 g/mol. The summed E-state index contributed by atoms with van der Waals surface area (Å²) in [5.41, 5.74) is 0.436. The molecule has 0 saturated carbocycles. The van der Waals surface area contributed by atoms with E-state index in [9.17, 15) is 4.79 Å². The topological polar surface area (TPSA) is 42.0 Å². The van der Waals surface area contributed by atoms with Crippen molar-refractivity contribution in [2.75, 3.05) is 0 Å². The van der Waals surface area contributed by atoms with Crippen LogP contribution in [-0.4, -0.2) is 16.9 Å². The highest BCUT2D eigenvalue weighted by Crippen LogP contribution is 2.14. The van der Waals surface area contributed by atoms with Crippen LogP contribution < -0.4 is 5.32 Å². The Labute approximate surface area is 108 Å². The van der Waals surface area contributed by atoms with Gasteiger partial charge in [-0.2, -0.15) is 0 Å². The fourth-order valence-electron chi connectivity index (χ4n) is 1.50. The maximum absolute atomic E-state index is 11.9. The molecule has 1 aromatic heterocycles. The number of hydrogen-bond donors (Lipinski definition) is 1. The highest BCUT2D eigenvalue weighted by Gasteiger charge is 2.13. The van der Waals surface area contributed by atoms with Gasteiger partial charge in [-0.1, -0.05) is 25.4 Å². The lowest BCUT2D eigenvalue weighted by molar-refractivity contribution is 0.0937. The van der Waals surface area contributed by atoms with Gasteiger partial charge < -0.3 is 5.32 Å². The number of hydrogen-bond acceptors (Lipinski definition) is 2. The third-order valence-electron chi connectivity index (χ3n) is 2.57. The van der Waals surface area contributed by atoms with Gasteiger partial charge in [-0.05, 0) is 31.7 Å². The first kappa shape index (κ1) is 14.0. The SMILES string of the molecule is CC(C)CCC(C)NC(=O)c1cnccc1Cl. The molecule has 1 unspecified atom stereocenters. The van der Waals surface area contributed by atoms with Crippen molar-refractivity contribution in [1.29, 1.82) is 0 Å². The number of amides is 1. The van der Waals surface area contributed by atoms with E-state index in [1.807, 2.05) is 6.92 Å². The monoisotopic (exact) mass is 254 g/mol. The number of carbonyl (C=O) groups excluding carboxylic acids is 1. The van der Waals surface area contributed by atoms with Gasteiger partial charge in [-0.3, -0.25) is 9.78 Å². The van der Waals surface area contributed by atoms with Crippen LogP contribution in [0.1, 0.15) is 44.0 Å². The maximum Gasteiger partial charge on any atom is 0.254 e. The molecule has 0 fully saturated rings. The van der Waals surface area contributed by atoms with Crippen molar-refractivity contribution in [3.05, 3.63) is 29.0 Å². The number of rotatable bonds is 5. The summed E-state index contributed by atoms with van der Waals surface area (Å²) in [6, 6.07) is 1.77. The molecule has 0 aliphatic rings. The van der Waals surface area contributed by atoms with E-state index >= 15 is 0 Å². The Morgan fingerprint density at radius 1 is 1.41 bits per heavy atom. The maximum atomic E-state index is 11.9. The second kappa shape index (κ2) is 6.60. The third-order valence-corrected chi connectivity index (χ3v) is 2.90. The van der Waals surface area contributed by atoms with E-state index in [4.69, 9.17) is 11.6 Å². The predicted octanol–water partition coefficient (Wildman–Crippen LogP) is 3.29. The summed E-state index contributed by atoms with van der Waals surface area (Å²) in [5.74, 6) is 0.496. The van der Waals surface area contributed by atoms with E-state index in [1.54, 1.807) is 12.3 Å². The number of carbonyl (C=O) groups is 1. The molecule has 1 rings (SSSR count). The molecule has 0 radical (unpaired) electrons. The number of nitrogens with zero attached hydrogens (tertiary/aromatic N) is 1. The molecule has 1 atom stereocenters. The summed E-state index contributed by atoms with van der Waals surface area (Å²) < 4.78 is 0. The van der Waals surface area contributed by atoms with Crippen LogP contribution in [0.15, 0.2) is 18.5 Å². The van der Waals surface area contributed by atoms with Crippen molar-refractivity contribution in [3.8, 4) is 0 Å². The second-order valence-electron chi connectivity index (χ2n) is 4.70. The van der Waals surface area contributed by atoms with Crippen molar-refractivity contribution in [2.24, 2.45) is 5.92 Å². The lowest BCUT2D eigenvalue weighted by Gasteiger charge is -2.15. The fourth-order valence-corrected chi connectivity index (χ4v) is 1.69. The van der Waals surface area contributed by atoms with Crippen molar-refractivity contribution in [3.63, 3.8) is 0 Å². The molecule has 0 aromatic carbocycles. The smallest absolute Gasteiger partial charge is 0.254 e. The van der Waals surface area contributed by atoms with E-state index in [2.05, 4.69) is 24.1 Å². The Morgan fingerprint density at radius 3 is 2.71 bits per heavy atom. The fraction of sp³-hybridized carbons (Fsp3) is 0.538. The zero-order valence-electron chi connectivity index (χ0n) is 10.5. The van der Waals surface area contributed by atoms with E-state index in [0.29, 0.717) is 16.5 Å². The standard InChI is InChI=1S/C13H19ClN2O/c1-9(2)4-5-10(3)16-13(17)11-8-15-7-6-12(11)14/h6-10H,4-5H2,1-3H3,(H,16,17). The van der Waals surface area contributed by atoms with Gasteiger partial charge in [0.05, 0.1) is 10.6 Å². The molecule has 1 heterocycles. The summed E-state index contributed by atoms with van der Waals surface area (Å²) in [7, 11) is 0. The van der Waals surface area contributed by atoms with Crippen molar-refractivity contribution < 1.29 is 4.79 Å². The van der Waals surface area contributed by atoms with E-state index < -0.39 is 0 Å². The van der Waals surface area contributed by atoms with Gasteiger partial charge in [0.25, 0.3) is 5.91 Å². The first-order valence-electron chi connectivity index (χ1n) is 5.91. The summed E-state index contributed by atoms with van der Waals surface area (Å²) >= 11 is 5.93. The van der Waals surface area contributed by atoms with Crippen LogP contribution in [0, 0.1) is 5.92 Å². The van der Waals surface area contributed by atoms with Crippen LogP contribution in [0.3, 0.4) is 0 Å². The Kier molecular flexibility index (Phi) is 5.42. The van der Waals surface area contributed by atoms with Gasteiger partial charge >= 0.3 is 0 Å². The summed E-state index contributed by atoms with van der Waals surface area (Å²) in [5, 5.41) is 3.37. The molecular formula is C13H19ClN2O. The van der Waals surface area contributed by atoms with Crippen molar-refractivity contribution in [1.82, 2.24) is 10.3 Å². The molecule has 1 amide bonds. The van der Waals surface area contributed by atoms with Crippen LogP contribution in [0.25, 0.3) is 0 Å². The molecule has 1 N–H and O–H groups in total. The number of halogens is 1. The van der Waals surface area contributed by atoms with Crippen molar-refractivity contribution in [2.45, 2.75) is 39.7 Å². The summed E-state index contributed by atoms with van der Waals surface area (Å²) in [6.45, 7) is 6.35. The number of aromatic nitrogens is 1. The lowest BCUT2D eigenvalue weighted by atomic mass is 10.0. The van der Waals surface area contributed by atoms with E-state index in [-0.39, 0.29) is 11.9 Å². The normalized spacial score (nSPS) is 12.5.